The Labute approximate surface area is 186 Å². The van der Waals surface area contributed by atoms with E-state index < -0.39 is 11.2 Å². The van der Waals surface area contributed by atoms with Crippen LogP contribution in [0.2, 0.25) is 0 Å². The molecule has 2 aromatic rings. The Morgan fingerprint density at radius 3 is 2.47 bits per heavy atom. The number of aromatic nitrogens is 2. The van der Waals surface area contributed by atoms with Gasteiger partial charge in [-0.1, -0.05) is 13.3 Å². The number of benzene rings is 1. The van der Waals surface area contributed by atoms with Crippen molar-refractivity contribution in [1.29, 1.82) is 0 Å². The molecule has 0 radical (unpaired) electrons. The number of nitrogen functional groups attached to an aromatic ring is 1. The van der Waals surface area contributed by atoms with Crippen molar-refractivity contribution < 1.29 is 14.3 Å². The third-order valence-corrected chi connectivity index (χ3v) is 5.01. The number of ether oxygens (including phenoxy) is 1. The second-order valence-corrected chi connectivity index (χ2v) is 7.41. The number of aromatic amines is 1. The van der Waals surface area contributed by atoms with Crippen molar-refractivity contribution in [2.24, 2.45) is 0 Å². The van der Waals surface area contributed by atoms with Crippen LogP contribution in [0.15, 0.2) is 33.9 Å². The van der Waals surface area contributed by atoms with E-state index in [0.29, 0.717) is 30.9 Å². The summed E-state index contributed by atoms with van der Waals surface area (Å²) >= 11 is 0. The highest BCUT2D eigenvalue weighted by Crippen LogP contribution is 2.18. The minimum atomic E-state index is -0.600. The summed E-state index contributed by atoms with van der Waals surface area (Å²) in [5.74, 6) is -0.249. The molecule has 0 aliphatic carbocycles. The van der Waals surface area contributed by atoms with Gasteiger partial charge in [0, 0.05) is 44.4 Å². The van der Waals surface area contributed by atoms with Crippen LogP contribution < -0.4 is 27.2 Å². The van der Waals surface area contributed by atoms with Crippen LogP contribution in [0.4, 0.5) is 17.2 Å². The molecule has 0 saturated carbocycles. The van der Waals surface area contributed by atoms with Crippen molar-refractivity contribution >= 4 is 28.9 Å². The standard InChI is InChI=1S/C22H31N5O5/c1-4-5-11-27-20(23)19(21(30)25-22(27)31)26(13-14-32-3)12-10-18(29)24-17-8-6-16(7-9-17)15(2)28/h6-9H,4-5,10-14,23H2,1-3H3,(H,24,29)(H,25,30,31). The average Bonchev–Trinajstić information content (AvgIpc) is 2.75. The molecule has 32 heavy (non-hydrogen) atoms. The first-order chi connectivity index (χ1) is 15.3. The summed E-state index contributed by atoms with van der Waals surface area (Å²) in [6, 6.07) is 6.60. The number of carbonyl (C=O) groups is 2. The fraction of sp³-hybridized carbons (Fsp3) is 0.455. The van der Waals surface area contributed by atoms with Crippen LogP contribution in [0.3, 0.4) is 0 Å². The zero-order valence-corrected chi connectivity index (χ0v) is 18.8. The van der Waals surface area contributed by atoms with E-state index in [-0.39, 0.29) is 36.2 Å². The molecule has 0 atom stereocenters. The second kappa shape index (κ2) is 11.8. The van der Waals surface area contributed by atoms with Crippen molar-refractivity contribution in [3.63, 3.8) is 0 Å². The molecule has 0 unspecified atom stereocenters. The normalized spacial score (nSPS) is 10.7. The maximum Gasteiger partial charge on any atom is 0.330 e. The molecule has 10 heteroatoms. The molecule has 2 rings (SSSR count). The highest BCUT2D eigenvalue weighted by atomic mass is 16.5. The zero-order chi connectivity index (χ0) is 23.7. The molecule has 1 aromatic heterocycles. The van der Waals surface area contributed by atoms with E-state index in [4.69, 9.17) is 10.5 Å². The lowest BCUT2D eigenvalue weighted by Crippen LogP contribution is -2.40. The number of hydrogen-bond acceptors (Lipinski definition) is 7. The van der Waals surface area contributed by atoms with E-state index in [1.165, 1.54) is 18.6 Å². The van der Waals surface area contributed by atoms with Crippen molar-refractivity contribution in [1.82, 2.24) is 9.55 Å². The zero-order valence-electron chi connectivity index (χ0n) is 18.8. The van der Waals surface area contributed by atoms with Crippen LogP contribution >= 0.6 is 0 Å². The molecule has 0 spiro atoms. The molecule has 10 nitrogen and oxygen atoms in total. The maximum atomic E-state index is 12.6. The van der Waals surface area contributed by atoms with Crippen LogP contribution in [-0.2, 0) is 16.1 Å². The fourth-order valence-electron chi connectivity index (χ4n) is 3.21. The van der Waals surface area contributed by atoms with Crippen molar-refractivity contribution in [3.05, 3.63) is 50.7 Å². The Balaban J connectivity index is 2.18. The first kappa shape index (κ1) is 24.9. The van der Waals surface area contributed by atoms with Gasteiger partial charge in [-0.15, -0.1) is 0 Å². The summed E-state index contributed by atoms with van der Waals surface area (Å²) in [6.45, 7) is 4.67. The third-order valence-electron chi connectivity index (χ3n) is 5.01. The number of amides is 1. The van der Waals surface area contributed by atoms with Crippen LogP contribution in [0.25, 0.3) is 0 Å². The lowest BCUT2D eigenvalue weighted by atomic mass is 10.1. The number of rotatable bonds is 12. The summed E-state index contributed by atoms with van der Waals surface area (Å²) in [4.78, 5) is 52.6. The van der Waals surface area contributed by atoms with Gasteiger partial charge in [-0.05, 0) is 37.6 Å². The minimum Gasteiger partial charge on any atom is -0.383 e. The number of nitrogens with zero attached hydrogens (tertiary/aromatic N) is 2. The Hall–Kier alpha value is -3.40. The number of unbranched alkanes of at least 4 members (excludes halogenated alkanes) is 1. The van der Waals surface area contributed by atoms with E-state index >= 15 is 0 Å². The minimum absolute atomic E-state index is 0.0558. The molecular formula is C22H31N5O5. The first-order valence-corrected chi connectivity index (χ1v) is 10.6. The molecule has 0 aliphatic rings. The van der Waals surface area contributed by atoms with Gasteiger partial charge in [0.25, 0.3) is 5.56 Å². The fourth-order valence-corrected chi connectivity index (χ4v) is 3.21. The molecular weight excluding hydrogens is 414 g/mol. The summed E-state index contributed by atoms with van der Waals surface area (Å²) in [5, 5.41) is 2.77. The summed E-state index contributed by atoms with van der Waals surface area (Å²) in [5.41, 5.74) is 6.32. The molecule has 1 aromatic carbocycles. The predicted molar refractivity (Wildman–Crippen MR) is 124 cm³/mol. The molecule has 0 saturated heterocycles. The quantitative estimate of drug-likeness (QED) is 0.422. The van der Waals surface area contributed by atoms with E-state index in [0.717, 1.165) is 12.8 Å². The second-order valence-electron chi connectivity index (χ2n) is 7.41. The number of nitrogens with two attached hydrogens (primary N) is 1. The van der Waals surface area contributed by atoms with Gasteiger partial charge >= 0.3 is 5.69 Å². The number of H-pyrrole nitrogens is 1. The van der Waals surface area contributed by atoms with Gasteiger partial charge in [-0.2, -0.15) is 0 Å². The molecule has 1 heterocycles. The number of anilines is 3. The molecule has 0 aliphatic heterocycles. The van der Waals surface area contributed by atoms with E-state index in [1.807, 2.05) is 6.92 Å². The Morgan fingerprint density at radius 2 is 1.88 bits per heavy atom. The smallest absolute Gasteiger partial charge is 0.330 e. The van der Waals surface area contributed by atoms with Crippen molar-refractivity contribution in [2.45, 2.75) is 39.7 Å². The number of Topliss-reactive ketones (excluding diaryl/α,β-unsaturated/α-hetero) is 1. The lowest BCUT2D eigenvalue weighted by molar-refractivity contribution is -0.116. The molecule has 174 valence electrons. The number of nitrogens with one attached hydrogen (secondary N) is 2. The lowest BCUT2D eigenvalue weighted by Gasteiger charge is -2.25. The topological polar surface area (TPSA) is 140 Å². The Kier molecular flexibility index (Phi) is 9.21. The monoisotopic (exact) mass is 445 g/mol. The highest BCUT2D eigenvalue weighted by molar-refractivity contribution is 5.95. The van der Waals surface area contributed by atoms with E-state index in [2.05, 4.69) is 10.3 Å². The van der Waals surface area contributed by atoms with Gasteiger partial charge in [0.05, 0.1) is 6.61 Å². The number of ketones is 1. The Morgan fingerprint density at radius 1 is 1.19 bits per heavy atom. The van der Waals surface area contributed by atoms with Gasteiger partial charge in [-0.3, -0.25) is 23.9 Å². The van der Waals surface area contributed by atoms with Crippen LogP contribution in [0.5, 0.6) is 0 Å². The van der Waals surface area contributed by atoms with E-state index in [9.17, 15) is 19.2 Å². The van der Waals surface area contributed by atoms with Gasteiger partial charge in [0.1, 0.15) is 11.5 Å². The van der Waals surface area contributed by atoms with Crippen LogP contribution in [-0.4, -0.2) is 48.0 Å². The van der Waals surface area contributed by atoms with Crippen molar-refractivity contribution in [3.8, 4) is 0 Å². The predicted octanol–water partition coefficient (Wildman–Crippen LogP) is 1.60. The summed E-state index contributed by atoms with van der Waals surface area (Å²) in [6.07, 6.45) is 1.67. The molecule has 1 amide bonds. The number of carbonyl (C=O) groups excluding carboxylic acids is 2. The van der Waals surface area contributed by atoms with Crippen LogP contribution in [0.1, 0.15) is 43.5 Å². The van der Waals surface area contributed by atoms with Gasteiger partial charge in [0.15, 0.2) is 5.78 Å². The number of hydrogen-bond donors (Lipinski definition) is 3. The third kappa shape index (κ3) is 6.55. The highest BCUT2D eigenvalue weighted by Gasteiger charge is 2.19. The SMILES string of the molecule is CCCCn1c(N)c(N(CCOC)CCC(=O)Nc2ccc(C(C)=O)cc2)c(=O)[nH]c1=O. The summed E-state index contributed by atoms with van der Waals surface area (Å²) in [7, 11) is 1.53. The number of methoxy groups -OCH3 is 1. The van der Waals surface area contributed by atoms with Crippen LogP contribution in [0, 0.1) is 0 Å². The molecule has 0 fully saturated rings. The van der Waals surface area contributed by atoms with E-state index in [1.54, 1.807) is 29.2 Å². The maximum absolute atomic E-state index is 12.6. The Bertz CT molecular complexity index is 1040. The first-order valence-electron chi connectivity index (χ1n) is 10.6. The average molecular weight is 446 g/mol. The molecule has 4 N–H and O–H groups in total. The van der Waals surface area contributed by atoms with Gasteiger partial charge in [0.2, 0.25) is 5.91 Å². The molecule has 0 bridgehead atoms. The largest absolute Gasteiger partial charge is 0.383 e. The van der Waals surface area contributed by atoms with Gasteiger partial charge < -0.3 is 20.7 Å². The summed E-state index contributed by atoms with van der Waals surface area (Å²) < 4.78 is 6.48. The van der Waals surface area contributed by atoms with Crippen molar-refractivity contribution in [2.75, 3.05) is 42.8 Å². The van der Waals surface area contributed by atoms with Gasteiger partial charge in [-0.25, -0.2) is 4.79 Å².